The molecule has 1 amide bonds. The van der Waals surface area contributed by atoms with Crippen LogP contribution < -0.4 is 9.64 Å². The molecule has 2 aliphatic heterocycles. The topological polar surface area (TPSA) is 89.0 Å². The van der Waals surface area contributed by atoms with Gasteiger partial charge in [0.15, 0.2) is 6.10 Å². The second kappa shape index (κ2) is 11.0. The average molecular weight is 597 g/mol. The highest BCUT2D eigenvalue weighted by molar-refractivity contribution is 6.08. The minimum absolute atomic E-state index is 0.171. The molecule has 0 radical (unpaired) electrons. The van der Waals surface area contributed by atoms with Crippen LogP contribution in [0.3, 0.4) is 0 Å². The molecule has 43 heavy (non-hydrogen) atoms. The number of carboxylic acids is 1. The predicted molar refractivity (Wildman–Crippen MR) is 156 cm³/mol. The lowest BCUT2D eigenvalue weighted by atomic mass is 9.82. The molecule has 1 atom stereocenters. The van der Waals surface area contributed by atoms with Gasteiger partial charge in [0.2, 0.25) is 0 Å². The van der Waals surface area contributed by atoms with E-state index in [-0.39, 0.29) is 35.9 Å². The highest BCUT2D eigenvalue weighted by atomic mass is 19.4. The van der Waals surface area contributed by atoms with Crippen LogP contribution in [0.25, 0.3) is 11.1 Å². The number of halogens is 3. The number of pyridine rings is 1. The molecule has 10 heteroatoms. The number of aryl methyl sites for hydroxylation is 2. The lowest BCUT2D eigenvalue weighted by Crippen LogP contribution is -2.30. The molecule has 1 N–H and O–H groups in total. The SMILES string of the molecule is Cc1ccc(C(=O)N2CCc3c2cc(C)c([C@H](OC(C)(C)C)C(=O)O)c3-c2cc(C(F)(F)F)c3c(c2C)CCCO3)cn1. The van der Waals surface area contributed by atoms with Crippen molar-refractivity contribution in [2.24, 2.45) is 0 Å². The van der Waals surface area contributed by atoms with Crippen molar-refractivity contribution in [1.29, 1.82) is 0 Å². The Morgan fingerprint density at radius 2 is 1.79 bits per heavy atom. The van der Waals surface area contributed by atoms with Gasteiger partial charge < -0.3 is 19.5 Å². The number of carbonyl (C=O) groups is 2. The third-order valence-electron chi connectivity index (χ3n) is 7.95. The molecule has 1 aromatic heterocycles. The number of alkyl halides is 3. The van der Waals surface area contributed by atoms with Crippen LogP contribution in [-0.2, 0) is 28.5 Å². The highest BCUT2D eigenvalue weighted by Gasteiger charge is 2.41. The maximum absolute atomic E-state index is 14.5. The minimum Gasteiger partial charge on any atom is -0.493 e. The Balaban J connectivity index is 1.82. The first-order chi connectivity index (χ1) is 20.1. The lowest BCUT2D eigenvalue weighted by molar-refractivity contribution is -0.160. The number of nitrogens with zero attached hydrogens (tertiary/aromatic N) is 2. The second-order valence-corrected chi connectivity index (χ2v) is 12.2. The Morgan fingerprint density at radius 3 is 2.40 bits per heavy atom. The van der Waals surface area contributed by atoms with Crippen molar-refractivity contribution in [3.8, 4) is 16.9 Å². The molecule has 3 aromatic rings. The van der Waals surface area contributed by atoms with Crippen LogP contribution in [0.5, 0.6) is 5.75 Å². The summed E-state index contributed by atoms with van der Waals surface area (Å²) in [5.74, 6) is -1.72. The van der Waals surface area contributed by atoms with Crippen molar-refractivity contribution in [3.05, 3.63) is 75.1 Å². The number of ether oxygens (including phenoxy) is 2. The quantitative estimate of drug-likeness (QED) is 0.336. The van der Waals surface area contributed by atoms with E-state index in [1.54, 1.807) is 57.7 Å². The molecule has 2 aliphatic rings. The van der Waals surface area contributed by atoms with Gasteiger partial charge in [0.1, 0.15) is 5.75 Å². The number of rotatable bonds is 5. The first kappa shape index (κ1) is 30.5. The molecule has 228 valence electrons. The van der Waals surface area contributed by atoms with Crippen LogP contribution in [0.1, 0.15) is 82.7 Å². The molecular formula is C33H35F3N2O5. The molecule has 5 rings (SSSR count). The Bertz CT molecular complexity index is 1610. The first-order valence-corrected chi connectivity index (χ1v) is 14.3. The standard InChI is InChI=1S/C33H35F3N2O5/c1-17-14-25-22(11-12-38(25)30(39)20-10-9-18(2)37-16-20)27(26(17)29(31(40)41)43-32(4,5)6)23-15-24(33(34,35)36)28-21(19(23)3)8-7-13-42-28/h9-10,14-16,29H,7-8,11-13H2,1-6H3,(H,40,41)/t29-/m0/s1. The summed E-state index contributed by atoms with van der Waals surface area (Å²) in [5, 5.41) is 10.4. The molecule has 0 bridgehead atoms. The van der Waals surface area contributed by atoms with E-state index in [1.165, 1.54) is 6.20 Å². The molecule has 0 saturated heterocycles. The number of aliphatic carboxylic acids is 1. The van der Waals surface area contributed by atoms with Crippen molar-refractivity contribution < 1.29 is 37.3 Å². The smallest absolute Gasteiger partial charge is 0.419 e. The number of hydrogen-bond donors (Lipinski definition) is 1. The fourth-order valence-electron chi connectivity index (χ4n) is 6.06. The molecule has 0 saturated carbocycles. The molecular weight excluding hydrogens is 561 g/mol. The lowest BCUT2D eigenvalue weighted by Gasteiger charge is -2.31. The maximum atomic E-state index is 14.5. The van der Waals surface area contributed by atoms with Crippen LogP contribution in [0.15, 0.2) is 30.5 Å². The predicted octanol–water partition coefficient (Wildman–Crippen LogP) is 7.16. The number of aromatic nitrogens is 1. The third kappa shape index (κ3) is 5.72. The number of carboxylic acid groups (broad SMARTS) is 1. The number of benzene rings is 2. The zero-order chi connectivity index (χ0) is 31.4. The van der Waals surface area contributed by atoms with Crippen LogP contribution in [0.2, 0.25) is 0 Å². The van der Waals surface area contributed by atoms with Crippen molar-refractivity contribution in [1.82, 2.24) is 4.98 Å². The van der Waals surface area contributed by atoms with Crippen molar-refractivity contribution >= 4 is 17.6 Å². The van der Waals surface area contributed by atoms with Gasteiger partial charge in [-0.25, -0.2) is 4.79 Å². The van der Waals surface area contributed by atoms with Crippen LogP contribution in [-0.4, -0.2) is 40.7 Å². The number of carbonyl (C=O) groups excluding carboxylic acids is 1. The van der Waals surface area contributed by atoms with Crippen molar-refractivity contribution in [3.63, 3.8) is 0 Å². The van der Waals surface area contributed by atoms with E-state index in [9.17, 15) is 27.9 Å². The Hall–Kier alpha value is -3.92. The third-order valence-corrected chi connectivity index (χ3v) is 7.95. The van der Waals surface area contributed by atoms with Crippen LogP contribution in [0.4, 0.5) is 18.9 Å². The van der Waals surface area contributed by atoms with Gasteiger partial charge >= 0.3 is 12.1 Å². The summed E-state index contributed by atoms with van der Waals surface area (Å²) >= 11 is 0. The molecule has 0 fully saturated rings. The minimum atomic E-state index is -4.70. The van der Waals surface area contributed by atoms with E-state index in [2.05, 4.69) is 4.98 Å². The van der Waals surface area contributed by atoms with Crippen LogP contribution in [0, 0.1) is 20.8 Å². The highest BCUT2D eigenvalue weighted by Crippen LogP contribution is 2.50. The second-order valence-electron chi connectivity index (χ2n) is 12.2. The van der Waals surface area contributed by atoms with Crippen LogP contribution >= 0.6 is 0 Å². The zero-order valence-corrected chi connectivity index (χ0v) is 25.1. The molecule has 0 unspecified atom stereocenters. The van der Waals surface area contributed by atoms with E-state index < -0.39 is 29.4 Å². The average Bonchev–Trinajstić information content (AvgIpc) is 3.34. The zero-order valence-electron chi connectivity index (χ0n) is 25.1. The molecule has 3 heterocycles. The molecule has 7 nitrogen and oxygen atoms in total. The normalized spacial score (nSPS) is 15.5. The monoisotopic (exact) mass is 596 g/mol. The summed E-state index contributed by atoms with van der Waals surface area (Å²) < 4.78 is 55.1. The number of amides is 1. The van der Waals surface area contributed by atoms with E-state index in [0.717, 1.165) is 11.8 Å². The maximum Gasteiger partial charge on any atom is 0.419 e. The van der Waals surface area contributed by atoms with Gasteiger partial charge in [-0.1, -0.05) is 0 Å². The fourth-order valence-corrected chi connectivity index (χ4v) is 6.06. The molecule has 0 aliphatic carbocycles. The summed E-state index contributed by atoms with van der Waals surface area (Å²) in [4.78, 5) is 32.2. The number of hydrogen-bond acceptors (Lipinski definition) is 5. The summed E-state index contributed by atoms with van der Waals surface area (Å²) in [6.07, 6.45) is -3.39. The Kier molecular flexibility index (Phi) is 7.79. The van der Waals surface area contributed by atoms with Gasteiger partial charge in [0.05, 0.1) is 23.3 Å². The van der Waals surface area contributed by atoms with Crippen molar-refractivity contribution in [2.45, 2.75) is 78.7 Å². The summed E-state index contributed by atoms with van der Waals surface area (Å²) in [6.45, 7) is 10.9. The van der Waals surface area contributed by atoms with E-state index in [1.807, 2.05) is 6.92 Å². The Morgan fingerprint density at radius 1 is 1.07 bits per heavy atom. The summed E-state index contributed by atoms with van der Waals surface area (Å²) in [5.41, 5.74) is 2.94. The van der Waals surface area contributed by atoms with Crippen molar-refractivity contribution in [2.75, 3.05) is 18.1 Å². The van der Waals surface area contributed by atoms with E-state index in [4.69, 9.17) is 9.47 Å². The molecule has 2 aromatic carbocycles. The van der Waals surface area contributed by atoms with E-state index >= 15 is 0 Å². The summed E-state index contributed by atoms with van der Waals surface area (Å²) in [6, 6.07) is 6.24. The molecule has 0 spiro atoms. The van der Waals surface area contributed by atoms with Gasteiger partial charge in [0.25, 0.3) is 5.91 Å². The first-order valence-electron chi connectivity index (χ1n) is 14.3. The fraction of sp³-hybridized carbons (Fsp3) is 0.424. The number of anilines is 1. The van der Waals surface area contributed by atoms with Gasteiger partial charge in [-0.3, -0.25) is 9.78 Å². The van der Waals surface area contributed by atoms with Gasteiger partial charge in [-0.2, -0.15) is 13.2 Å². The van der Waals surface area contributed by atoms with Gasteiger partial charge in [-0.15, -0.1) is 0 Å². The number of fused-ring (bicyclic) bond motifs is 2. The Labute approximate surface area is 248 Å². The van der Waals surface area contributed by atoms with Gasteiger partial charge in [-0.05, 0) is 118 Å². The van der Waals surface area contributed by atoms with Gasteiger partial charge in [0, 0.05) is 29.7 Å². The summed E-state index contributed by atoms with van der Waals surface area (Å²) in [7, 11) is 0. The van der Waals surface area contributed by atoms with E-state index in [0.29, 0.717) is 58.3 Å². The largest absolute Gasteiger partial charge is 0.493 e.